The molecule has 6 nitrogen and oxygen atoms in total. The van der Waals surface area contributed by atoms with E-state index in [2.05, 4.69) is 29.3 Å². The van der Waals surface area contributed by atoms with Gasteiger partial charge in [-0.1, -0.05) is 25.1 Å². The number of nitrogens with zero attached hydrogens (tertiary/aromatic N) is 3. The summed E-state index contributed by atoms with van der Waals surface area (Å²) in [7, 11) is 0. The van der Waals surface area contributed by atoms with Crippen LogP contribution in [0.15, 0.2) is 46.6 Å². The first-order valence-corrected chi connectivity index (χ1v) is 8.78. The van der Waals surface area contributed by atoms with Gasteiger partial charge in [-0.15, -0.1) is 11.3 Å². The van der Waals surface area contributed by atoms with E-state index in [1.807, 2.05) is 46.6 Å². The molecule has 0 aromatic carbocycles. The summed E-state index contributed by atoms with van der Waals surface area (Å²) in [6.45, 7) is 4.44. The molecule has 1 N–H and O–H groups in total. The molecule has 3 rings (SSSR count). The summed E-state index contributed by atoms with van der Waals surface area (Å²) in [6, 6.07) is 7.48. The Balaban J connectivity index is 1.63. The molecule has 0 radical (unpaired) electrons. The van der Waals surface area contributed by atoms with Crippen molar-refractivity contribution >= 4 is 17.2 Å². The lowest BCUT2D eigenvalue weighted by atomic mass is 10.0. The number of thiophene rings is 1. The third-order valence-corrected chi connectivity index (χ3v) is 4.47. The Kier molecular flexibility index (Phi) is 5.10. The van der Waals surface area contributed by atoms with E-state index < -0.39 is 0 Å². The number of aromatic nitrogens is 3. The largest absolute Gasteiger partial charge is 0.345 e. The van der Waals surface area contributed by atoms with Gasteiger partial charge in [0.15, 0.2) is 0 Å². The monoisotopic (exact) mass is 344 g/mol. The molecule has 126 valence electrons. The fraction of sp³-hybridized carbons (Fsp3) is 0.353. The molecule has 0 aliphatic rings. The van der Waals surface area contributed by atoms with Gasteiger partial charge in [0.2, 0.25) is 17.6 Å². The minimum absolute atomic E-state index is 0.0456. The first kappa shape index (κ1) is 16.4. The van der Waals surface area contributed by atoms with Crippen LogP contribution in [0.2, 0.25) is 0 Å². The van der Waals surface area contributed by atoms with E-state index in [-0.39, 0.29) is 18.5 Å². The summed E-state index contributed by atoms with van der Waals surface area (Å²) < 4.78 is 7.15. The highest BCUT2D eigenvalue weighted by Crippen LogP contribution is 2.21. The highest BCUT2D eigenvalue weighted by atomic mass is 32.1. The summed E-state index contributed by atoms with van der Waals surface area (Å²) in [5.41, 5.74) is 0. The molecule has 0 spiro atoms. The van der Waals surface area contributed by atoms with Gasteiger partial charge >= 0.3 is 0 Å². The maximum Gasteiger partial charge on any atom is 0.246 e. The molecular weight excluding hydrogens is 324 g/mol. The molecule has 7 heteroatoms. The first-order chi connectivity index (χ1) is 11.6. The van der Waals surface area contributed by atoms with Gasteiger partial charge < -0.3 is 14.4 Å². The summed E-state index contributed by atoms with van der Waals surface area (Å²) in [4.78, 5) is 17.8. The Morgan fingerprint density at radius 1 is 1.33 bits per heavy atom. The van der Waals surface area contributed by atoms with Crippen LogP contribution >= 0.6 is 11.3 Å². The van der Waals surface area contributed by atoms with E-state index in [1.54, 1.807) is 11.3 Å². The fourth-order valence-electron chi connectivity index (χ4n) is 2.48. The minimum Gasteiger partial charge on any atom is -0.345 e. The van der Waals surface area contributed by atoms with Crippen LogP contribution in [0, 0.1) is 5.92 Å². The van der Waals surface area contributed by atoms with Crippen molar-refractivity contribution in [2.24, 2.45) is 5.92 Å². The zero-order chi connectivity index (χ0) is 16.9. The lowest BCUT2D eigenvalue weighted by Crippen LogP contribution is -2.32. The number of nitrogens with one attached hydrogen (secondary N) is 1. The summed E-state index contributed by atoms with van der Waals surface area (Å²) in [6.07, 6.45) is 4.59. The molecule has 0 saturated heterocycles. The topological polar surface area (TPSA) is 73.0 Å². The first-order valence-electron chi connectivity index (χ1n) is 7.90. The van der Waals surface area contributed by atoms with E-state index in [4.69, 9.17) is 4.52 Å². The maximum atomic E-state index is 12.6. The maximum absolute atomic E-state index is 12.6. The van der Waals surface area contributed by atoms with Crippen molar-refractivity contribution in [1.82, 2.24) is 20.0 Å². The molecule has 0 fully saturated rings. The van der Waals surface area contributed by atoms with E-state index in [9.17, 15) is 4.79 Å². The second-order valence-electron chi connectivity index (χ2n) is 5.98. The minimum atomic E-state index is -0.236. The number of rotatable bonds is 7. The number of carbonyl (C=O) groups is 1. The van der Waals surface area contributed by atoms with Crippen LogP contribution in [-0.4, -0.2) is 20.6 Å². The van der Waals surface area contributed by atoms with Gasteiger partial charge in [-0.2, -0.15) is 4.98 Å². The van der Waals surface area contributed by atoms with Gasteiger partial charge in [0.1, 0.15) is 6.04 Å². The predicted molar refractivity (Wildman–Crippen MR) is 92.4 cm³/mol. The molecule has 3 aromatic heterocycles. The average molecular weight is 344 g/mol. The van der Waals surface area contributed by atoms with Crippen molar-refractivity contribution in [3.63, 3.8) is 0 Å². The Hall–Kier alpha value is -2.41. The summed E-state index contributed by atoms with van der Waals surface area (Å²) in [5.74, 6) is 1.33. The van der Waals surface area contributed by atoms with Crippen molar-refractivity contribution in [3.05, 3.63) is 47.9 Å². The molecule has 24 heavy (non-hydrogen) atoms. The van der Waals surface area contributed by atoms with E-state index in [0.29, 0.717) is 17.6 Å². The van der Waals surface area contributed by atoms with E-state index >= 15 is 0 Å². The van der Waals surface area contributed by atoms with Crippen LogP contribution in [0.1, 0.15) is 32.2 Å². The van der Waals surface area contributed by atoms with Gasteiger partial charge in [-0.3, -0.25) is 4.79 Å². The summed E-state index contributed by atoms with van der Waals surface area (Å²) in [5, 5.41) is 8.81. The smallest absolute Gasteiger partial charge is 0.246 e. The molecular formula is C17H20N4O2S. The Morgan fingerprint density at radius 3 is 2.79 bits per heavy atom. The normalized spacial score (nSPS) is 12.5. The van der Waals surface area contributed by atoms with E-state index in [0.717, 1.165) is 11.3 Å². The van der Waals surface area contributed by atoms with Gasteiger partial charge in [0.05, 0.1) is 11.4 Å². The second-order valence-corrected chi connectivity index (χ2v) is 6.93. The predicted octanol–water partition coefficient (Wildman–Crippen LogP) is 3.50. The van der Waals surface area contributed by atoms with E-state index in [1.165, 1.54) is 0 Å². The van der Waals surface area contributed by atoms with Gasteiger partial charge in [-0.25, -0.2) is 0 Å². The Morgan fingerprint density at radius 2 is 2.12 bits per heavy atom. The van der Waals surface area contributed by atoms with Crippen molar-refractivity contribution in [2.45, 2.75) is 32.9 Å². The third kappa shape index (κ3) is 3.91. The van der Waals surface area contributed by atoms with Crippen LogP contribution in [-0.2, 0) is 11.3 Å². The highest BCUT2D eigenvalue weighted by Gasteiger charge is 2.21. The SMILES string of the molecule is CC(C)CC(C(=O)NCc1nc(-c2cccs2)no1)n1cccc1. The third-order valence-electron chi connectivity index (χ3n) is 3.61. The zero-order valence-corrected chi connectivity index (χ0v) is 14.5. The standard InChI is InChI=1S/C17H20N4O2S/c1-12(2)10-13(21-7-3-4-8-21)17(22)18-11-15-19-16(20-23-15)14-6-5-9-24-14/h3-9,12-13H,10-11H2,1-2H3,(H,18,22). The van der Waals surface area contributed by atoms with Crippen LogP contribution < -0.4 is 5.32 Å². The number of carbonyl (C=O) groups excluding carboxylic acids is 1. The zero-order valence-electron chi connectivity index (χ0n) is 13.7. The van der Waals surface area contributed by atoms with Crippen LogP contribution in [0.25, 0.3) is 10.7 Å². The molecule has 0 aliphatic carbocycles. The molecule has 0 saturated carbocycles. The molecule has 1 atom stereocenters. The lowest BCUT2D eigenvalue weighted by molar-refractivity contribution is -0.125. The quantitative estimate of drug-likeness (QED) is 0.712. The van der Waals surface area contributed by atoms with Crippen LogP contribution in [0.5, 0.6) is 0 Å². The lowest BCUT2D eigenvalue weighted by Gasteiger charge is -2.20. The molecule has 0 aliphatic heterocycles. The fourth-order valence-corrected chi connectivity index (χ4v) is 3.13. The van der Waals surface area contributed by atoms with Gasteiger partial charge in [0, 0.05) is 12.4 Å². The summed E-state index contributed by atoms with van der Waals surface area (Å²) >= 11 is 1.55. The molecule has 0 bridgehead atoms. The average Bonchev–Trinajstić information content (AvgIpc) is 3.32. The molecule has 3 heterocycles. The number of amides is 1. The number of hydrogen-bond acceptors (Lipinski definition) is 5. The molecule has 1 unspecified atom stereocenters. The number of hydrogen-bond donors (Lipinski definition) is 1. The Labute approximate surface area is 144 Å². The van der Waals surface area contributed by atoms with Gasteiger partial charge in [0.25, 0.3) is 0 Å². The molecule has 1 amide bonds. The van der Waals surface area contributed by atoms with Crippen LogP contribution in [0.4, 0.5) is 0 Å². The van der Waals surface area contributed by atoms with Crippen molar-refractivity contribution < 1.29 is 9.32 Å². The van der Waals surface area contributed by atoms with Crippen molar-refractivity contribution in [2.75, 3.05) is 0 Å². The Bertz CT molecular complexity index is 762. The van der Waals surface area contributed by atoms with Gasteiger partial charge in [-0.05, 0) is 35.9 Å². The van der Waals surface area contributed by atoms with Crippen LogP contribution in [0.3, 0.4) is 0 Å². The van der Waals surface area contributed by atoms with Crippen molar-refractivity contribution in [1.29, 1.82) is 0 Å². The highest BCUT2D eigenvalue weighted by molar-refractivity contribution is 7.13. The molecule has 3 aromatic rings. The van der Waals surface area contributed by atoms with Crippen molar-refractivity contribution in [3.8, 4) is 10.7 Å². The second kappa shape index (κ2) is 7.44.